The van der Waals surface area contributed by atoms with Crippen LogP contribution in [-0.4, -0.2) is 46.4 Å². The molecule has 0 spiro atoms. The van der Waals surface area contributed by atoms with Gasteiger partial charge in [0, 0.05) is 30.3 Å². The van der Waals surface area contributed by atoms with Gasteiger partial charge in [0.25, 0.3) is 11.8 Å². The van der Waals surface area contributed by atoms with Crippen LogP contribution in [0.25, 0.3) is 0 Å². The Labute approximate surface area is 171 Å². The Balaban J connectivity index is 1.68. The van der Waals surface area contributed by atoms with Crippen LogP contribution in [0.3, 0.4) is 0 Å². The molecule has 1 heterocycles. The number of carbonyl (C=O) groups excluding carboxylic acids is 2. The van der Waals surface area contributed by atoms with Gasteiger partial charge >= 0.3 is 5.97 Å². The molecular formula is C20H18N4O4S. The molecule has 9 heteroatoms. The first-order valence-corrected chi connectivity index (χ1v) is 9.66. The molecule has 2 amide bonds. The molecule has 0 fully saturated rings. The zero-order valence-corrected chi connectivity index (χ0v) is 16.3. The quantitative estimate of drug-likeness (QED) is 0.676. The third-order valence-corrected chi connectivity index (χ3v) is 4.98. The van der Waals surface area contributed by atoms with Crippen molar-refractivity contribution in [3.8, 4) is 0 Å². The SMILES string of the molecule is CNC(=O)c1cccc(NC(=O)c2cccc(C3=NN=C(SCC(=O)O)C3)c2)c1. The summed E-state index contributed by atoms with van der Waals surface area (Å²) in [6, 6.07) is 13.6. The number of anilines is 1. The largest absolute Gasteiger partial charge is 0.481 e. The lowest BCUT2D eigenvalue weighted by Gasteiger charge is -2.08. The van der Waals surface area contributed by atoms with Gasteiger partial charge in [0.1, 0.15) is 5.04 Å². The van der Waals surface area contributed by atoms with Crippen LogP contribution in [0.2, 0.25) is 0 Å². The second-order valence-corrected chi connectivity index (χ2v) is 7.14. The van der Waals surface area contributed by atoms with Crippen LogP contribution in [0.4, 0.5) is 5.69 Å². The van der Waals surface area contributed by atoms with E-state index in [0.29, 0.717) is 34.0 Å². The molecule has 1 aliphatic rings. The summed E-state index contributed by atoms with van der Waals surface area (Å²) >= 11 is 1.13. The van der Waals surface area contributed by atoms with E-state index in [9.17, 15) is 14.4 Å². The second kappa shape index (κ2) is 9.16. The molecule has 0 aliphatic carbocycles. The fourth-order valence-corrected chi connectivity index (χ4v) is 3.27. The number of nitrogens with one attached hydrogen (secondary N) is 2. The molecule has 3 rings (SSSR count). The van der Waals surface area contributed by atoms with E-state index in [0.717, 1.165) is 17.3 Å². The van der Waals surface area contributed by atoms with E-state index in [1.165, 1.54) is 0 Å². The van der Waals surface area contributed by atoms with Crippen molar-refractivity contribution in [3.63, 3.8) is 0 Å². The number of carboxylic acid groups (broad SMARTS) is 1. The molecule has 2 aromatic carbocycles. The van der Waals surface area contributed by atoms with Gasteiger partial charge in [-0.25, -0.2) is 0 Å². The van der Waals surface area contributed by atoms with E-state index in [-0.39, 0.29) is 17.6 Å². The van der Waals surface area contributed by atoms with Gasteiger partial charge in [0.2, 0.25) is 0 Å². The van der Waals surface area contributed by atoms with Crippen LogP contribution in [0, 0.1) is 0 Å². The molecule has 29 heavy (non-hydrogen) atoms. The lowest BCUT2D eigenvalue weighted by atomic mass is 10.0. The number of benzene rings is 2. The molecule has 8 nitrogen and oxygen atoms in total. The van der Waals surface area contributed by atoms with Crippen molar-refractivity contribution >= 4 is 46.0 Å². The van der Waals surface area contributed by atoms with Crippen LogP contribution < -0.4 is 10.6 Å². The minimum atomic E-state index is -0.912. The third kappa shape index (κ3) is 5.29. The van der Waals surface area contributed by atoms with Crippen LogP contribution in [0.5, 0.6) is 0 Å². The van der Waals surface area contributed by atoms with Crippen LogP contribution in [-0.2, 0) is 4.79 Å². The number of hydrogen-bond acceptors (Lipinski definition) is 6. The highest BCUT2D eigenvalue weighted by Crippen LogP contribution is 2.20. The summed E-state index contributed by atoms with van der Waals surface area (Å²) < 4.78 is 0. The fraction of sp³-hybridized carbons (Fsp3) is 0.150. The molecule has 0 saturated heterocycles. The molecule has 0 unspecified atom stereocenters. The van der Waals surface area contributed by atoms with E-state index < -0.39 is 5.97 Å². The van der Waals surface area contributed by atoms with Gasteiger partial charge in [0.05, 0.1) is 11.5 Å². The van der Waals surface area contributed by atoms with E-state index in [1.54, 1.807) is 49.5 Å². The molecule has 0 saturated carbocycles. The predicted octanol–water partition coefficient (Wildman–Crippen LogP) is 2.62. The maximum atomic E-state index is 12.6. The highest BCUT2D eigenvalue weighted by atomic mass is 32.2. The van der Waals surface area contributed by atoms with Crippen LogP contribution in [0.15, 0.2) is 58.7 Å². The summed E-state index contributed by atoms with van der Waals surface area (Å²) in [4.78, 5) is 35.0. The zero-order valence-electron chi connectivity index (χ0n) is 15.5. The third-order valence-electron chi connectivity index (χ3n) is 4.03. The Morgan fingerprint density at radius 2 is 1.76 bits per heavy atom. The number of hydrogen-bond donors (Lipinski definition) is 3. The summed E-state index contributed by atoms with van der Waals surface area (Å²) in [6.45, 7) is 0. The minimum Gasteiger partial charge on any atom is -0.481 e. The van der Waals surface area contributed by atoms with E-state index in [4.69, 9.17) is 5.11 Å². The van der Waals surface area contributed by atoms with Crippen LogP contribution in [0.1, 0.15) is 32.7 Å². The number of rotatable bonds is 6. The fourth-order valence-electron chi connectivity index (χ4n) is 2.64. The summed E-state index contributed by atoms with van der Waals surface area (Å²) in [5, 5.41) is 22.8. The topological polar surface area (TPSA) is 120 Å². The number of thioether (sulfide) groups is 1. The van der Waals surface area contributed by atoms with Crippen molar-refractivity contribution in [2.45, 2.75) is 6.42 Å². The molecule has 0 radical (unpaired) electrons. The number of aliphatic carboxylic acids is 1. The van der Waals surface area contributed by atoms with Gasteiger partial charge in [-0.15, -0.1) is 5.10 Å². The maximum Gasteiger partial charge on any atom is 0.313 e. The molecule has 0 aromatic heterocycles. The average molecular weight is 410 g/mol. The Bertz CT molecular complexity index is 1030. The smallest absolute Gasteiger partial charge is 0.313 e. The van der Waals surface area contributed by atoms with E-state index in [2.05, 4.69) is 20.8 Å². The van der Waals surface area contributed by atoms with Gasteiger partial charge in [-0.3, -0.25) is 14.4 Å². The standard InChI is InChI=1S/C20H18N4O4S/c1-21-19(27)14-6-3-7-15(9-14)22-20(28)13-5-2-4-12(8-13)16-10-17(24-23-16)29-11-18(25)26/h2-9H,10-11H2,1H3,(H,21,27)(H,22,28)(H,25,26). The van der Waals surface area contributed by atoms with Crippen molar-refractivity contribution in [2.75, 3.05) is 18.1 Å². The minimum absolute atomic E-state index is 0.0702. The van der Waals surface area contributed by atoms with Crippen molar-refractivity contribution in [1.29, 1.82) is 0 Å². The highest BCUT2D eigenvalue weighted by Gasteiger charge is 2.17. The first-order valence-electron chi connectivity index (χ1n) is 8.68. The Kier molecular flexibility index (Phi) is 6.40. The number of amides is 2. The molecule has 148 valence electrons. The van der Waals surface area contributed by atoms with Gasteiger partial charge in [-0.2, -0.15) is 5.10 Å². The second-order valence-electron chi connectivity index (χ2n) is 6.09. The monoisotopic (exact) mass is 410 g/mol. The Hall–Kier alpha value is -3.46. The Morgan fingerprint density at radius 1 is 1.03 bits per heavy atom. The first-order chi connectivity index (χ1) is 14.0. The lowest BCUT2D eigenvalue weighted by molar-refractivity contribution is -0.133. The van der Waals surface area contributed by atoms with Crippen molar-refractivity contribution in [3.05, 3.63) is 65.2 Å². The van der Waals surface area contributed by atoms with Gasteiger partial charge < -0.3 is 15.7 Å². The van der Waals surface area contributed by atoms with Crippen molar-refractivity contribution in [2.24, 2.45) is 10.2 Å². The average Bonchev–Trinajstić information content (AvgIpc) is 3.21. The number of carboxylic acids is 1. The summed E-state index contributed by atoms with van der Waals surface area (Å²) in [5.74, 6) is -1.54. The Morgan fingerprint density at radius 3 is 2.48 bits per heavy atom. The first kappa shape index (κ1) is 20.3. The summed E-state index contributed by atoms with van der Waals surface area (Å²) in [5.41, 5.74) is 2.81. The molecule has 1 aliphatic heterocycles. The van der Waals surface area contributed by atoms with Crippen LogP contribution >= 0.6 is 11.8 Å². The van der Waals surface area contributed by atoms with Gasteiger partial charge in [-0.05, 0) is 35.9 Å². The lowest BCUT2D eigenvalue weighted by Crippen LogP contribution is -2.18. The molecule has 3 N–H and O–H groups in total. The van der Waals surface area contributed by atoms with Crippen molar-refractivity contribution in [1.82, 2.24) is 5.32 Å². The number of carbonyl (C=O) groups is 3. The summed E-state index contributed by atoms with van der Waals surface area (Å²) in [6.07, 6.45) is 0.428. The van der Waals surface area contributed by atoms with Gasteiger partial charge in [-0.1, -0.05) is 30.0 Å². The molecule has 0 bridgehead atoms. The van der Waals surface area contributed by atoms with E-state index >= 15 is 0 Å². The zero-order chi connectivity index (χ0) is 20.8. The van der Waals surface area contributed by atoms with Crippen molar-refractivity contribution < 1.29 is 19.5 Å². The molecular weight excluding hydrogens is 392 g/mol. The normalized spacial score (nSPS) is 12.7. The van der Waals surface area contributed by atoms with E-state index in [1.807, 2.05) is 6.07 Å². The highest BCUT2D eigenvalue weighted by molar-refractivity contribution is 8.14. The predicted molar refractivity (Wildman–Crippen MR) is 113 cm³/mol. The molecule has 0 atom stereocenters. The maximum absolute atomic E-state index is 12.6. The van der Waals surface area contributed by atoms with Gasteiger partial charge in [0.15, 0.2) is 0 Å². The number of nitrogens with zero attached hydrogens (tertiary/aromatic N) is 2. The molecule has 2 aromatic rings. The summed E-state index contributed by atoms with van der Waals surface area (Å²) in [7, 11) is 1.54.